The van der Waals surface area contributed by atoms with E-state index in [0.29, 0.717) is 16.9 Å². The molecule has 140 valence electrons. The zero-order valence-corrected chi connectivity index (χ0v) is 14.5. The average Bonchev–Trinajstić information content (AvgIpc) is 3.03. The smallest absolute Gasteiger partial charge is 0.344 e. The van der Waals surface area contributed by atoms with E-state index < -0.39 is 23.7 Å². The molecule has 0 saturated heterocycles. The fourth-order valence-electron chi connectivity index (χ4n) is 2.69. The van der Waals surface area contributed by atoms with Crippen molar-refractivity contribution in [3.63, 3.8) is 0 Å². The van der Waals surface area contributed by atoms with Gasteiger partial charge in [0.2, 0.25) is 0 Å². The van der Waals surface area contributed by atoms with E-state index in [0.717, 1.165) is 12.1 Å². The number of hydrogen-bond acceptors (Lipinski definition) is 4. The summed E-state index contributed by atoms with van der Waals surface area (Å²) in [6.07, 6.45) is 1.32. The second kappa shape index (κ2) is 7.18. The number of carbonyl (C=O) groups is 1. The summed E-state index contributed by atoms with van der Waals surface area (Å²) in [5, 5.41) is 6.96. The highest BCUT2D eigenvalue weighted by Crippen LogP contribution is 2.31. The number of carbonyl (C=O) groups excluding carboxylic acids is 1. The van der Waals surface area contributed by atoms with Crippen LogP contribution in [0.2, 0.25) is 0 Å². The monoisotopic (exact) mass is 375 g/mol. The summed E-state index contributed by atoms with van der Waals surface area (Å²) in [7, 11) is 0. The van der Waals surface area contributed by atoms with E-state index in [-0.39, 0.29) is 5.69 Å². The van der Waals surface area contributed by atoms with Gasteiger partial charge in [0, 0.05) is 23.7 Å². The molecule has 0 radical (unpaired) electrons. The molecule has 3 rings (SSSR count). The molecule has 2 heterocycles. The van der Waals surface area contributed by atoms with E-state index in [1.807, 2.05) is 0 Å². The number of rotatable bonds is 4. The van der Waals surface area contributed by atoms with Crippen LogP contribution in [0.1, 0.15) is 40.3 Å². The summed E-state index contributed by atoms with van der Waals surface area (Å²) < 4.78 is 40.2. The molecule has 0 unspecified atom stereocenters. The predicted octanol–water partition coefficient (Wildman–Crippen LogP) is 3.48. The molecular formula is C18H16F3N5O. The summed E-state index contributed by atoms with van der Waals surface area (Å²) in [5.41, 5.74) is 1.03. The van der Waals surface area contributed by atoms with Gasteiger partial charge in [0.15, 0.2) is 0 Å². The van der Waals surface area contributed by atoms with E-state index in [9.17, 15) is 18.0 Å². The molecular weight excluding hydrogens is 359 g/mol. The minimum Gasteiger partial charge on any atom is -0.344 e. The second-order valence-electron chi connectivity index (χ2n) is 5.93. The lowest BCUT2D eigenvalue weighted by atomic mass is 10.1. The van der Waals surface area contributed by atoms with Gasteiger partial charge in [0.05, 0.1) is 29.7 Å². The number of amides is 1. The van der Waals surface area contributed by atoms with Gasteiger partial charge in [-0.15, -0.1) is 0 Å². The maximum absolute atomic E-state index is 12.9. The van der Waals surface area contributed by atoms with Gasteiger partial charge in [0.1, 0.15) is 5.69 Å². The van der Waals surface area contributed by atoms with Gasteiger partial charge < -0.3 is 5.32 Å². The highest BCUT2D eigenvalue weighted by molar-refractivity contribution is 5.92. The molecule has 0 saturated carbocycles. The van der Waals surface area contributed by atoms with E-state index in [2.05, 4.69) is 20.4 Å². The molecule has 3 aromatic rings. The van der Waals surface area contributed by atoms with Crippen molar-refractivity contribution in [3.05, 3.63) is 71.6 Å². The molecule has 9 heteroatoms. The number of benzene rings is 1. The van der Waals surface area contributed by atoms with Gasteiger partial charge >= 0.3 is 6.18 Å². The first-order valence-electron chi connectivity index (χ1n) is 8.06. The Labute approximate surface area is 153 Å². The van der Waals surface area contributed by atoms with Crippen molar-refractivity contribution in [2.75, 3.05) is 0 Å². The van der Waals surface area contributed by atoms with Crippen LogP contribution in [-0.2, 0) is 6.18 Å². The van der Waals surface area contributed by atoms with Crippen LogP contribution in [0.15, 0.2) is 49.1 Å². The normalized spacial score (nSPS) is 12.6. The Morgan fingerprint density at radius 2 is 2.00 bits per heavy atom. The Bertz CT molecular complexity index is 953. The fraction of sp³-hybridized carbons (Fsp3) is 0.222. The van der Waals surface area contributed by atoms with Crippen LogP contribution in [0.4, 0.5) is 13.2 Å². The first-order chi connectivity index (χ1) is 12.8. The van der Waals surface area contributed by atoms with E-state index >= 15 is 0 Å². The third-order valence-corrected chi connectivity index (χ3v) is 4.08. The van der Waals surface area contributed by atoms with Gasteiger partial charge in [0.25, 0.3) is 5.91 Å². The van der Waals surface area contributed by atoms with Crippen molar-refractivity contribution < 1.29 is 18.0 Å². The summed E-state index contributed by atoms with van der Waals surface area (Å²) in [4.78, 5) is 20.0. The highest BCUT2D eigenvalue weighted by atomic mass is 19.4. The van der Waals surface area contributed by atoms with Gasteiger partial charge in [-0.2, -0.15) is 18.3 Å². The van der Waals surface area contributed by atoms with Crippen molar-refractivity contribution in [2.45, 2.75) is 26.1 Å². The molecule has 0 spiro atoms. The third kappa shape index (κ3) is 3.97. The van der Waals surface area contributed by atoms with Crippen LogP contribution in [0, 0.1) is 6.92 Å². The Morgan fingerprint density at radius 3 is 2.67 bits per heavy atom. The topological polar surface area (TPSA) is 72.7 Å². The molecule has 1 amide bonds. The average molecular weight is 375 g/mol. The number of nitrogens with zero attached hydrogens (tertiary/aromatic N) is 4. The van der Waals surface area contributed by atoms with Gasteiger partial charge in [-0.3, -0.25) is 9.78 Å². The van der Waals surface area contributed by atoms with Crippen molar-refractivity contribution in [1.29, 1.82) is 0 Å². The maximum atomic E-state index is 12.9. The van der Waals surface area contributed by atoms with Crippen LogP contribution in [0.3, 0.4) is 0 Å². The Balaban J connectivity index is 1.84. The zero-order valence-electron chi connectivity index (χ0n) is 14.5. The van der Waals surface area contributed by atoms with E-state index in [4.69, 9.17) is 0 Å². The molecule has 0 bridgehead atoms. The van der Waals surface area contributed by atoms with Crippen molar-refractivity contribution >= 4 is 5.91 Å². The van der Waals surface area contributed by atoms with Gasteiger partial charge in [-0.25, -0.2) is 9.67 Å². The van der Waals surface area contributed by atoms with E-state index in [1.54, 1.807) is 19.9 Å². The maximum Gasteiger partial charge on any atom is 0.416 e. The minimum absolute atomic E-state index is 0.173. The lowest BCUT2D eigenvalue weighted by Gasteiger charge is -2.14. The SMILES string of the molecule is Cc1c([C@H](C)NC(=O)c2cnccn2)cnn1-c1cccc(C(F)(F)F)c1. The minimum atomic E-state index is -4.43. The zero-order chi connectivity index (χ0) is 19.6. The van der Waals surface area contributed by atoms with Gasteiger partial charge in [-0.05, 0) is 32.0 Å². The summed E-state index contributed by atoms with van der Waals surface area (Å²) in [5.74, 6) is -0.401. The first-order valence-corrected chi connectivity index (χ1v) is 8.06. The molecule has 0 aliphatic rings. The Morgan fingerprint density at radius 1 is 1.22 bits per heavy atom. The van der Waals surface area contributed by atoms with Crippen LogP contribution >= 0.6 is 0 Å². The van der Waals surface area contributed by atoms with Crippen molar-refractivity contribution in [3.8, 4) is 5.69 Å². The number of aromatic nitrogens is 4. The van der Waals surface area contributed by atoms with Crippen LogP contribution in [0.5, 0.6) is 0 Å². The number of alkyl halides is 3. The number of nitrogens with one attached hydrogen (secondary N) is 1. The molecule has 1 N–H and O–H groups in total. The molecule has 2 aromatic heterocycles. The predicted molar refractivity (Wildman–Crippen MR) is 91.2 cm³/mol. The third-order valence-electron chi connectivity index (χ3n) is 4.08. The molecule has 27 heavy (non-hydrogen) atoms. The van der Waals surface area contributed by atoms with Crippen LogP contribution in [0.25, 0.3) is 5.69 Å². The molecule has 6 nitrogen and oxygen atoms in total. The lowest BCUT2D eigenvalue weighted by Crippen LogP contribution is -2.27. The van der Waals surface area contributed by atoms with Crippen molar-refractivity contribution in [2.24, 2.45) is 0 Å². The largest absolute Gasteiger partial charge is 0.416 e. The molecule has 1 aromatic carbocycles. The molecule has 1 atom stereocenters. The Kier molecular flexibility index (Phi) is 4.93. The molecule has 0 fully saturated rings. The molecule has 0 aliphatic carbocycles. The van der Waals surface area contributed by atoms with Crippen LogP contribution in [-0.4, -0.2) is 25.7 Å². The quantitative estimate of drug-likeness (QED) is 0.758. The molecule has 0 aliphatic heterocycles. The summed E-state index contributed by atoms with van der Waals surface area (Å²) in [6, 6.07) is 4.50. The lowest BCUT2D eigenvalue weighted by molar-refractivity contribution is -0.137. The standard InChI is InChI=1S/C18H16F3N5O/c1-11(25-17(27)16-10-22-6-7-23-16)15-9-24-26(12(15)2)14-5-3-4-13(8-14)18(19,20)21/h3-11H,1-2H3,(H,25,27)/t11-/m0/s1. The summed E-state index contributed by atoms with van der Waals surface area (Å²) >= 11 is 0. The highest BCUT2D eigenvalue weighted by Gasteiger charge is 2.30. The second-order valence-corrected chi connectivity index (χ2v) is 5.93. The fourth-order valence-corrected chi connectivity index (χ4v) is 2.69. The first kappa shape index (κ1) is 18.6. The summed E-state index contributed by atoms with van der Waals surface area (Å²) in [6.45, 7) is 3.49. The van der Waals surface area contributed by atoms with Crippen molar-refractivity contribution in [1.82, 2.24) is 25.1 Å². The Hall–Kier alpha value is -3.23. The van der Waals surface area contributed by atoms with Crippen LogP contribution < -0.4 is 5.32 Å². The van der Waals surface area contributed by atoms with Gasteiger partial charge in [-0.1, -0.05) is 6.07 Å². The number of halogens is 3. The number of hydrogen-bond donors (Lipinski definition) is 1. The van der Waals surface area contributed by atoms with E-state index in [1.165, 1.54) is 35.5 Å².